The maximum atomic E-state index is 13.1. The fraction of sp³-hybridized carbons (Fsp3) is 0.182. The molecule has 1 aromatic heterocycles. The molecule has 0 fully saturated rings. The second-order valence-electron chi connectivity index (χ2n) is 6.42. The molecule has 0 aliphatic carbocycles. The zero-order chi connectivity index (χ0) is 19.5. The van der Waals surface area contributed by atoms with E-state index >= 15 is 0 Å². The van der Waals surface area contributed by atoms with Crippen molar-refractivity contribution in [2.45, 2.75) is 19.6 Å². The molecule has 0 N–H and O–H groups in total. The standard InChI is InChI=1S/C22H17FN2O3/c1-2-15-4-3-5-18(12-15)27-14-21-24-19-10-11-25(13-20(19)28-21)22(26)16-6-8-17(23)9-7-16/h1,3-9,12H,10-11,13-14H2. The van der Waals surface area contributed by atoms with Crippen molar-refractivity contribution in [2.24, 2.45) is 0 Å². The first-order valence-electron chi connectivity index (χ1n) is 8.84. The summed E-state index contributed by atoms with van der Waals surface area (Å²) in [6, 6.07) is 12.8. The van der Waals surface area contributed by atoms with Crippen LogP contribution in [0.5, 0.6) is 5.75 Å². The van der Waals surface area contributed by atoms with Crippen LogP contribution in [0.3, 0.4) is 0 Å². The van der Waals surface area contributed by atoms with Gasteiger partial charge >= 0.3 is 0 Å². The highest BCUT2D eigenvalue weighted by molar-refractivity contribution is 5.94. The maximum absolute atomic E-state index is 13.1. The Labute approximate surface area is 161 Å². The first-order chi connectivity index (χ1) is 13.6. The van der Waals surface area contributed by atoms with Crippen LogP contribution >= 0.6 is 0 Å². The summed E-state index contributed by atoms with van der Waals surface area (Å²) in [4.78, 5) is 18.7. The maximum Gasteiger partial charge on any atom is 0.254 e. The molecule has 0 radical (unpaired) electrons. The van der Waals surface area contributed by atoms with Crippen molar-refractivity contribution < 1.29 is 18.3 Å². The molecule has 2 heterocycles. The van der Waals surface area contributed by atoms with Crippen molar-refractivity contribution in [3.8, 4) is 18.1 Å². The number of hydrogen-bond acceptors (Lipinski definition) is 4. The quantitative estimate of drug-likeness (QED) is 0.653. The highest BCUT2D eigenvalue weighted by atomic mass is 19.1. The Morgan fingerprint density at radius 1 is 1.29 bits per heavy atom. The van der Waals surface area contributed by atoms with Crippen LogP contribution in [0, 0.1) is 18.2 Å². The van der Waals surface area contributed by atoms with Gasteiger partial charge in [-0.25, -0.2) is 9.37 Å². The molecule has 1 aliphatic rings. The third-order valence-electron chi connectivity index (χ3n) is 4.52. The predicted molar refractivity (Wildman–Crippen MR) is 100 cm³/mol. The summed E-state index contributed by atoms with van der Waals surface area (Å²) in [5.41, 5.74) is 2.01. The molecule has 5 nitrogen and oxygen atoms in total. The summed E-state index contributed by atoms with van der Waals surface area (Å²) in [6.07, 6.45) is 5.99. The minimum atomic E-state index is -0.370. The molecule has 6 heteroatoms. The smallest absolute Gasteiger partial charge is 0.254 e. The van der Waals surface area contributed by atoms with Gasteiger partial charge in [-0.2, -0.15) is 0 Å². The molecule has 0 atom stereocenters. The Balaban J connectivity index is 1.42. The number of nitrogens with zero attached hydrogens (tertiary/aromatic N) is 2. The lowest BCUT2D eigenvalue weighted by Crippen LogP contribution is -2.35. The normalized spacial score (nSPS) is 12.9. The molecule has 2 aromatic carbocycles. The number of terminal acetylenes is 1. The van der Waals surface area contributed by atoms with Crippen molar-refractivity contribution in [3.05, 3.63) is 82.8 Å². The van der Waals surface area contributed by atoms with Crippen molar-refractivity contribution in [1.82, 2.24) is 9.88 Å². The Bertz CT molecular complexity index is 1050. The van der Waals surface area contributed by atoms with Gasteiger partial charge in [0, 0.05) is 24.1 Å². The van der Waals surface area contributed by atoms with E-state index in [-0.39, 0.29) is 18.3 Å². The third-order valence-corrected chi connectivity index (χ3v) is 4.52. The lowest BCUT2D eigenvalue weighted by atomic mass is 10.1. The van der Waals surface area contributed by atoms with Crippen LogP contribution < -0.4 is 4.74 Å². The second kappa shape index (κ2) is 7.57. The SMILES string of the molecule is C#Cc1cccc(OCc2nc3c(o2)CN(C(=O)c2ccc(F)cc2)CC3)c1. The van der Waals surface area contributed by atoms with Crippen molar-refractivity contribution in [1.29, 1.82) is 0 Å². The predicted octanol–water partition coefficient (Wildman–Crippen LogP) is 3.57. The lowest BCUT2D eigenvalue weighted by Gasteiger charge is -2.25. The molecule has 1 aliphatic heterocycles. The molecule has 0 unspecified atom stereocenters. The van der Waals surface area contributed by atoms with E-state index in [1.807, 2.05) is 18.2 Å². The van der Waals surface area contributed by atoms with Crippen LogP contribution in [0.1, 0.15) is 33.3 Å². The summed E-state index contributed by atoms with van der Waals surface area (Å²) in [6.45, 7) is 1.03. The van der Waals surface area contributed by atoms with E-state index in [2.05, 4.69) is 10.9 Å². The topological polar surface area (TPSA) is 55.6 Å². The number of benzene rings is 2. The number of oxazole rings is 1. The van der Waals surface area contributed by atoms with E-state index in [0.717, 1.165) is 11.3 Å². The first kappa shape index (κ1) is 17.8. The van der Waals surface area contributed by atoms with Crippen molar-refractivity contribution in [2.75, 3.05) is 6.54 Å². The zero-order valence-electron chi connectivity index (χ0n) is 15.0. The molecule has 3 aromatic rings. The van der Waals surface area contributed by atoms with E-state index in [1.165, 1.54) is 24.3 Å². The second-order valence-corrected chi connectivity index (χ2v) is 6.42. The summed E-state index contributed by atoms with van der Waals surface area (Å²) >= 11 is 0. The highest BCUT2D eigenvalue weighted by Crippen LogP contribution is 2.23. The van der Waals surface area contributed by atoms with Gasteiger partial charge in [-0.3, -0.25) is 4.79 Å². The molecule has 0 saturated carbocycles. The molecule has 28 heavy (non-hydrogen) atoms. The Kier molecular flexibility index (Phi) is 4.81. The summed E-state index contributed by atoms with van der Waals surface area (Å²) in [7, 11) is 0. The van der Waals surface area contributed by atoms with E-state index in [1.54, 1.807) is 11.0 Å². The monoisotopic (exact) mass is 376 g/mol. The van der Waals surface area contributed by atoms with E-state index in [0.29, 0.717) is 42.5 Å². The fourth-order valence-corrected chi connectivity index (χ4v) is 3.08. The number of ether oxygens (including phenoxy) is 1. The number of rotatable bonds is 4. The lowest BCUT2D eigenvalue weighted by molar-refractivity contribution is 0.0718. The van der Waals surface area contributed by atoms with Gasteiger partial charge in [-0.05, 0) is 42.5 Å². The average molecular weight is 376 g/mol. The number of carbonyl (C=O) groups is 1. The van der Waals surface area contributed by atoms with E-state index < -0.39 is 0 Å². The molecule has 140 valence electrons. The Hall–Kier alpha value is -3.59. The molecule has 0 bridgehead atoms. The van der Waals surface area contributed by atoms with Crippen molar-refractivity contribution >= 4 is 5.91 Å². The summed E-state index contributed by atoms with van der Waals surface area (Å²) in [5, 5.41) is 0. The van der Waals surface area contributed by atoms with Gasteiger partial charge in [0.25, 0.3) is 5.91 Å². The Morgan fingerprint density at radius 3 is 2.89 bits per heavy atom. The third kappa shape index (κ3) is 3.74. The highest BCUT2D eigenvalue weighted by Gasteiger charge is 2.26. The number of fused-ring (bicyclic) bond motifs is 1. The molecule has 4 rings (SSSR count). The van der Waals surface area contributed by atoms with Gasteiger partial charge in [-0.15, -0.1) is 6.42 Å². The van der Waals surface area contributed by atoms with Gasteiger partial charge in [0.05, 0.1) is 12.2 Å². The Morgan fingerprint density at radius 2 is 2.11 bits per heavy atom. The number of hydrogen-bond donors (Lipinski definition) is 0. The van der Waals surface area contributed by atoms with E-state index in [4.69, 9.17) is 15.6 Å². The van der Waals surface area contributed by atoms with Crippen molar-refractivity contribution in [3.63, 3.8) is 0 Å². The van der Waals surface area contributed by atoms with Gasteiger partial charge in [-0.1, -0.05) is 12.0 Å². The van der Waals surface area contributed by atoms with Crippen LogP contribution in [0.15, 0.2) is 52.9 Å². The van der Waals surface area contributed by atoms with Crippen LogP contribution in [0.4, 0.5) is 4.39 Å². The number of amides is 1. The number of carbonyl (C=O) groups excluding carboxylic acids is 1. The molecular weight excluding hydrogens is 359 g/mol. The average Bonchev–Trinajstić information content (AvgIpc) is 3.14. The summed E-state index contributed by atoms with van der Waals surface area (Å²) in [5.74, 6) is 3.77. The van der Waals surface area contributed by atoms with E-state index in [9.17, 15) is 9.18 Å². The number of halogens is 1. The van der Waals surface area contributed by atoms with Crippen LogP contribution in [0.2, 0.25) is 0 Å². The minimum Gasteiger partial charge on any atom is -0.484 e. The van der Waals surface area contributed by atoms with Gasteiger partial charge in [0.15, 0.2) is 6.61 Å². The largest absolute Gasteiger partial charge is 0.484 e. The van der Waals surface area contributed by atoms with Gasteiger partial charge in [0.1, 0.15) is 17.3 Å². The summed E-state index contributed by atoms with van der Waals surface area (Å²) < 4.78 is 24.5. The zero-order valence-corrected chi connectivity index (χ0v) is 15.0. The first-order valence-corrected chi connectivity index (χ1v) is 8.84. The molecule has 1 amide bonds. The number of aromatic nitrogens is 1. The van der Waals surface area contributed by atoms with Gasteiger partial charge < -0.3 is 14.1 Å². The molecule has 0 spiro atoms. The fourth-order valence-electron chi connectivity index (χ4n) is 3.08. The van der Waals surface area contributed by atoms with Crippen LogP contribution in [-0.4, -0.2) is 22.3 Å². The van der Waals surface area contributed by atoms with Crippen LogP contribution in [-0.2, 0) is 19.6 Å². The molecule has 0 saturated heterocycles. The minimum absolute atomic E-state index is 0.161. The molecular formula is C22H17FN2O3. The van der Waals surface area contributed by atoms with Gasteiger partial charge in [0.2, 0.25) is 5.89 Å². The van der Waals surface area contributed by atoms with Crippen LogP contribution in [0.25, 0.3) is 0 Å².